The maximum atomic E-state index is 13.2. The molecule has 356 valence electrons. The van der Waals surface area contributed by atoms with Crippen LogP contribution in [0.1, 0.15) is 119 Å². The minimum atomic E-state index is -0.537. The summed E-state index contributed by atoms with van der Waals surface area (Å²) in [4.78, 5) is 83.6. The highest BCUT2D eigenvalue weighted by Gasteiger charge is 2.44. The molecule has 0 aromatic carbocycles. The summed E-state index contributed by atoms with van der Waals surface area (Å²) in [7, 11) is 0. The first-order valence-corrected chi connectivity index (χ1v) is 23.8. The average molecular weight is 897 g/mol. The third kappa shape index (κ3) is 13.1. The van der Waals surface area contributed by atoms with Gasteiger partial charge in [-0.1, -0.05) is 0 Å². The molecular formula is C46H72N8O10. The van der Waals surface area contributed by atoms with Gasteiger partial charge >= 0.3 is 36.4 Å². The molecule has 4 atom stereocenters. The topological polar surface area (TPSA) is 200 Å². The second kappa shape index (κ2) is 20.1. The number of alkyl carbamates (subject to hydrolysis) is 2. The Bertz CT molecular complexity index is 1690. The first-order valence-electron chi connectivity index (χ1n) is 23.8. The first kappa shape index (κ1) is 47.1. The number of amides is 8. The standard InChI is InChI=1S/C46H72N8O10/c1-45(2,3)63-41(57)47-27-29-13-15-33-35(25-29)37(33)49-39(55)51-17-21-53(22-18-51)43(59)61-31-9-7-11-32(12-8-10-31)62-44(60)54-23-19-52(20-24-54)40(56)50-38-34-16-14-30(26-36(34)38)28-48-42(58)64-46(4,5)6/h29-34H,7-28H2,1-6H3,(H,47,57)(H,48,58)(H,49,55)(H,50,56)/t29-,30?,31?,32?,33+,34+/m0/s1. The molecule has 2 heterocycles. The third-order valence-electron chi connectivity index (χ3n) is 13.4. The summed E-state index contributed by atoms with van der Waals surface area (Å²) in [6.45, 7) is 15.5. The maximum absolute atomic E-state index is 13.2. The molecule has 8 amide bonds. The van der Waals surface area contributed by atoms with Gasteiger partial charge < -0.3 is 59.8 Å². The van der Waals surface area contributed by atoms with Crippen LogP contribution in [-0.4, -0.2) is 145 Å². The number of carbonyl (C=O) groups is 6. The number of carbonyl (C=O) groups excluding carboxylic acids is 6. The Kier molecular flexibility index (Phi) is 14.8. The molecule has 0 radical (unpaired) electrons. The van der Waals surface area contributed by atoms with Gasteiger partial charge in [-0.2, -0.15) is 0 Å². The van der Waals surface area contributed by atoms with Crippen LogP contribution in [0.2, 0.25) is 0 Å². The van der Waals surface area contributed by atoms with E-state index in [1.165, 1.54) is 11.1 Å². The van der Waals surface area contributed by atoms with E-state index in [9.17, 15) is 28.8 Å². The molecule has 1 unspecified atom stereocenters. The number of nitrogens with zero attached hydrogens (tertiary/aromatic N) is 4. The molecule has 0 spiro atoms. The van der Waals surface area contributed by atoms with Crippen LogP contribution in [0.4, 0.5) is 28.8 Å². The second-order valence-electron chi connectivity index (χ2n) is 20.7. The van der Waals surface area contributed by atoms with Gasteiger partial charge in [-0.05, 0) is 142 Å². The molecule has 5 aliphatic carbocycles. The Balaban J connectivity index is 0.736. The van der Waals surface area contributed by atoms with Crippen LogP contribution in [0, 0.1) is 23.7 Å². The number of allylic oxidation sites excluding steroid dienone is 4. The largest absolute Gasteiger partial charge is 0.446 e. The number of piperazine rings is 2. The Morgan fingerprint density at radius 2 is 0.844 bits per heavy atom. The lowest BCUT2D eigenvalue weighted by atomic mass is 9.89. The molecular weight excluding hydrogens is 825 g/mol. The fraction of sp³-hybridized carbons (Fsp3) is 0.783. The van der Waals surface area contributed by atoms with E-state index in [-0.39, 0.29) is 36.5 Å². The predicted molar refractivity (Wildman–Crippen MR) is 236 cm³/mol. The lowest BCUT2D eigenvalue weighted by Gasteiger charge is -2.35. The van der Waals surface area contributed by atoms with Crippen LogP contribution in [0.5, 0.6) is 0 Å². The van der Waals surface area contributed by atoms with E-state index in [0.717, 1.165) is 62.8 Å². The molecule has 2 aliphatic heterocycles. The zero-order chi connectivity index (χ0) is 45.8. The van der Waals surface area contributed by atoms with Crippen molar-refractivity contribution in [3.63, 3.8) is 0 Å². The molecule has 5 fully saturated rings. The quantitative estimate of drug-likeness (QED) is 0.197. The normalized spacial score (nSPS) is 27.2. The minimum Gasteiger partial charge on any atom is -0.446 e. The molecule has 7 aliphatic rings. The minimum absolute atomic E-state index is 0.138. The summed E-state index contributed by atoms with van der Waals surface area (Å²) >= 11 is 0. The molecule has 0 aromatic heterocycles. The number of urea groups is 2. The molecule has 0 bridgehead atoms. The number of nitrogens with one attached hydrogen (secondary N) is 4. The zero-order valence-corrected chi connectivity index (χ0v) is 38.9. The van der Waals surface area contributed by atoms with Crippen LogP contribution in [-0.2, 0) is 18.9 Å². The second-order valence-corrected chi connectivity index (χ2v) is 20.7. The predicted octanol–water partition coefficient (Wildman–Crippen LogP) is 6.42. The van der Waals surface area contributed by atoms with E-state index in [0.29, 0.717) is 115 Å². The van der Waals surface area contributed by atoms with Crippen molar-refractivity contribution >= 4 is 36.4 Å². The number of ether oxygens (including phenoxy) is 4. The highest BCUT2D eigenvalue weighted by Crippen LogP contribution is 2.50. The third-order valence-corrected chi connectivity index (χ3v) is 13.4. The van der Waals surface area contributed by atoms with Gasteiger partial charge in [-0.3, -0.25) is 0 Å². The Hall–Kier alpha value is -4.90. The van der Waals surface area contributed by atoms with Crippen molar-refractivity contribution in [2.24, 2.45) is 23.7 Å². The van der Waals surface area contributed by atoms with Gasteiger partial charge in [-0.25, -0.2) is 28.8 Å². The van der Waals surface area contributed by atoms with Crippen molar-refractivity contribution in [2.75, 3.05) is 65.4 Å². The lowest BCUT2D eigenvalue weighted by molar-refractivity contribution is 0.0197. The van der Waals surface area contributed by atoms with Gasteiger partial charge in [0.25, 0.3) is 0 Å². The van der Waals surface area contributed by atoms with Gasteiger partial charge in [0.05, 0.1) is 0 Å². The van der Waals surface area contributed by atoms with Gasteiger partial charge in [-0.15, -0.1) is 0 Å². The fourth-order valence-corrected chi connectivity index (χ4v) is 9.86. The van der Waals surface area contributed by atoms with E-state index in [4.69, 9.17) is 18.9 Å². The first-order chi connectivity index (χ1) is 30.4. The van der Waals surface area contributed by atoms with E-state index in [1.807, 2.05) is 41.5 Å². The molecule has 0 aromatic rings. The van der Waals surface area contributed by atoms with E-state index in [1.54, 1.807) is 19.6 Å². The summed E-state index contributed by atoms with van der Waals surface area (Å²) in [5.41, 5.74) is 3.50. The van der Waals surface area contributed by atoms with Crippen molar-refractivity contribution in [3.05, 3.63) is 22.5 Å². The van der Waals surface area contributed by atoms with E-state index >= 15 is 0 Å². The Morgan fingerprint density at radius 1 is 0.500 bits per heavy atom. The Labute approximate surface area is 377 Å². The van der Waals surface area contributed by atoms with Gasteiger partial charge in [0, 0.05) is 88.7 Å². The molecule has 4 N–H and O–H groups in total. The zero-order valence-electron chi connectivity index (χ0n) is 38.9. The highest BCUT2D eigenvalue weighted by molar-refractivity contribution is 5.79. The molecule has 18 nitrogen and oxygen atoms in total. The van der Waals surface area contributed by atoms with Gasteiger partial charge in [0.1, 0.15) is 23.4 Å². The van der Waals surface area contributed by atoms with E-state index < -0.39 is 23.4 Å². The van der Waals surface area contributed by atoms with Gasteiger partial charge in [0.2, 0.25) is 0 Å². The summed E-state index contributed by atoms with van der Waals surface area (Å²) < 4.78 is 22.6. The van der Waals surface area contributed by atoms with Crippen molar-refractivity contribution in [3.8, 4) is 0 Å². The van der Waals surface area contributed by atoms with Crippen LogP contribution < -0.4 is 21.3 Å². The van der Waals surface area contributed by atoms with Crippen LogP contribution in [0.3, 0.4) is 0 Å². The SMILES string of the molecule is CC(C)(C)OC(=O)NCC1CC[C@@H]2C(=C2NC(=O)N2CCN(C(=O)OC3CCCC(OC(=O)N4CCN(C(=O)NC5=C6C[C@@H](CNC(=O)OC(C)(C)C)CC[C@H]65)CC4)CCC3)CC2)C1. The van der Waals surface area contributed by atoms with Crippen molar-refractivity contribution in [2.45, 2.75) is 142 Å². The average Bonchev–Trinajstić information content (AvgIpc) is 4.13. The molecule has 3 saturated carbocycles. The van der Waals surface area contributed by atoms with Crippen molar-refractivity contribution < 1.29 is 47.7 Å². The highest BCUT2D eigenvalue weighted by atomic mass is 16.6. The summed E-state index contributed by atoms with van der Waals surface area (Å²) in [6.07, 6.45) is 7.93. The number of hydrogen-bond donors (Lipinski definition) is 4. The van der Waals surface area contributed by atoms with Gasteiger partial charge in [0.15, 0.2) is 0 Å². The number of hydrogen-bond acceptors (Lipinski definition) is 10. The van der Waals surface area contributed by atoms with Crippen molar-refractivity contribution in [1.82, 2.24) is 40.9 Å². The Morgan fingerprint density at radius 3 is 1.19 bits per heavy atom. The van der Waals surface area contributed by atoms with Crippen LogP contribution in [0.25, 0.3) is 0 Å². The fourth-order valence-electron chi connectivity index (χ4n) is 9.86. The van der Waals surface area contributed by atoms with Crippen LogP contribution >= 0.6 is 0 Å². The molecule has 2 saturated heterocycles. The van der Waals surface area contributed by atoms with Crippen LogP contribution in [0.15, 0.2) is 22.5 Å². The number of rotatable bonds is 8. The number of fused-ring (bicyclic) bond motifs is 2. The molecule has 18 heteroatoms. The smallest absolute Gasteiger partial charge is 0.410 e. The van der Waals surface area contributed by atoms with Crippen molar-refractivity contribution in [1.29, 1.82) is 0 Å². The summed E-state index contributed by atoms with van der Waals surface area (Å²) in [6, 6.07) is -0.275. The summed E-state index contributed by atoms with van der Waals surface area (Å²) in [5.74, 6) is 1.28. The summed E-state index contributed by atoms with van der Waals surface area (Å²) in [5, 5.41) is 12.0. The molecule has 64 heavy (non-hydrogen) atoms. The molecule has 7 rings (SSSR count). The maximum Gasteiger partial charge on any atom is 0.410 e. The van der Waals surface area contributed by atoms with E-state index in [2.05, 4.69) is 21.3 Å². The lowest BCUT2D eigenvalue weighted by Crippen LogP contribution is -2.53. The monoisotopic (exact) mass is 897 g/mol.